The van der Waals surface area contributed by atoms with E-state index in [4.69, 9.17) is 10.5 Å². The van der Waals surface area contributed by atoms with E-state index in [1.807, 2.05) is 19.4 Å². The monoisotopic (exact) mass is 410 g/mol. The molecule has 0 aromatic carbocycles. The molecule has 0 saturated heterocycles. The summed E-state index contributed by atoms with van der Waals surface area (Å²) < 4.78 is 5.05. The Morgan fingerprint density at radius 3 is 2.56 bits per heavy atom. The summed E-state index contributed by atoms with van der Waals surface area (Å²) in [6.07, 6.45) is 0. The number of quaternary nitrogens is 1. The van der Waals surface area contributed by atoms with E-state index in [9.17, 15) is 14.4 Å². The highest BCUT2D eigenvalue weighted by Gasteiger charge is 2.26. The third-order valence-corrected chi connectivity index (χ3v) is 6.24. The molecule has 2 aromatic heterocycles. The molecule has 4 N–H and O–H groups in total. The summed E-state index contributed by atoms with van der Waals surface area (Å²) in [6.45, 7) is 6.51. The lowest BCUT2D eigenvalue weighted by Crippen LogP contribution is -3.08. The van der Waals surface area contributed by atoms with Gasteiger partial charge in [-0.25, -0.2) is 4.79 Å². The Balaban J connectivity index is 2.14. The summed E-state index contributed by atoms with van der Waals surface area (Å²) in [5.41, 5.74) is 7.21. The molecular weight excluding hydrogens is 386 g/mol. The van der Waals surface area contributed by atoms with Crippen LogP contribution in [0.25, 0.3) is 0 Å². The number of amides is 2. The highest BCUT2D eigenvalue weighted by Crippen LogP contribution is 2.33. The van der Waals surface area contributed by atoms with E-state index < -0.39 is 11.9 Å². The second-order valence-electron chi connectivity index (χ2n) is 6.23. The van der Waals surface area contributed by atoms with Crippen LogP contribution < -0.4 is 16.0 Å². The number of rotatable bonds is 8. The Labute approximate surface area is 166 Å². The number of primary amides is 1. The molecule has 0 aliphatic rings. The average Bonchev–Trinajstić information content (AvgIpc) is 3.11. The van der Waals surface area contributed by atoms with Crippen molar-refractivity contribution >= 4 is 45.5 Å². The number of hydrogen-bond acceptors (Lipinski definition) is 6. The van der Waals surface area contributed by atoms with Crippen LogP contribution in [0.2, 0.25) is 0 Å². The standard InChI is InChI=1S/C18H23N3O4S2/c1-5-25-18(24)14-11(3)15(16(19)23)27-17(14)20-13(22)9-21(4)8-12-10(2)6-7-26-12/h6-7H,5,8-9H2,1-4H3,(H2,19,23)(H,20,22)/p+1. The Bertz CT molecular complexity index is 857. The third-order valence-electron chi connectivity index (χ3n) is 4.00. The molecule has 1 atom stereocenters. The zero-order valence-corrected chi connectivity index (χ0v) is 17.4. The minimum atomic E-state index is -0.639. The fourth-order valence-electron chi connectivity index (χ4n) is 2.65. The lowest BCUT2D eigenvalue weighted by Gasteiger charge is -2.13. The van der Waals surface area contributed by atoms with E-state index in [1.54, 1.807) is 25.2 Å². The Hall–Kier alpha value is -2.23. The molecule has 0 aliphatic heterocycles. The summed E-state index contributed by atoms with van der Waals surface area (Å²) in [5.74, 6) is -1.46. The van der Waals surface area contributed by atoms with Gasteiger partial charge in [-0.2, -0.15) is 0 Å². The molecule has 146 valence electrons. The van der Waals surface area contributed by atoms with Gasteiger partial charge in [0.2, 0.25) is 0 Å². The summed E-state index contributed by atoms with van der Waals surface area (Å²) in [4.78, 5) is 38.8. The predicted octanol–water partition coefficient (Wildman–Crippen LogP) is 1.36. The van der Waals surface area contributed by atoms with Crippen LogP contribution in [0.3, 0.4) is 0 Å². The van der Waals surface area contributed by atoms with E-state index in [0.29, 0.717) is 10.6 Å². The number of hydrogen-bond donors (Lipinski definition) is 3. The molecule has 0 aliphatic carbocycles. The van der Waals surface area contributed by atoms with Gasteiger partial charge in [0.1, 0.15) is 11.5 Å². The zero-order valence-electron chi connectivity index (χ0n) is 15.8. The smallest absolute Gasteiger partial charge is 0.341 e. The number of thiophene rings is 2. The van der Waals surface area contributed by atoms with Gasteiger partial charge in [-0.3, -0.25) is 9.59 Å². The van der Waals surface area contributed by atoms with Crippen molar-refractivity contribution in [2.75, 3.05) is 25.5 Å². The van der Waals surface area contributed by atoms with Crippen molar-refractivity contribution < 1.29 is 24.0 Å². The first kappa shape index (κ1) is 21.1. The molecule has 9 heteroatoms. The molecule has 0 spiro atoms. The lowest BCUT2D eigenvalue weighted by molar-refractivity contribution is -0.884. The fourth-order valence-corrected chi connectivity index (χ4v) is 4.74. The second-order valence-corrected chi connectivity index (χ2v) is 8.25. The molecule has 1 unspecified atom stereocenters. The zero-order chi connectivity index (χ0) is 20.1. The number of aryl methyl sites for hydroxylation is 1. The normalized spacial score (nSPS) is 11.9. The Morgan fingerprint density at radius 2 is 2.00 bits per heavy atom. The molecule has 0 saturated carbocycles. The molecule has 0 radical (unpaired) electrons. The molecule has 0 fully saturated rings. The first-order valence-electron chi connectivity index (χ1n) is 8.49. The highest BCUT2D eigenvalue weighted by molar-refractivity contribution is 7.18. The third kappa shape index (κ3) is 5.15. The maximum atomic E-state index is 12.5. The van der Waals surface area contributed by atoms with E-state index in [2.05, 4.69) is 11.4 Å². The minimum Gasteiger partial charge on any atom is -0.462 e. The second kappa shape index (κ2) is 9.12. The van der Waals surface area contributed by atoms with Crippen molar-refractivity contribution in [3.8, 4) is 0 Å². The van der Waals surface area contributed by atoms with E-state index in [1.165, 1.54) is 10.4 Å². The van der Waals surface area contributed by atoms with Gasteiger partial charge < -0.3 is 20.7 Å². The van der Waals surface area contributed by atoms with E-state index in [-0.39, 0.29) is 29.5 Å². The van der Waals surface area contributed by atoms with Crippen LogP contribution >= 0.6 is 22.7 Å². The topological polar surface area (TPSA) is 103 Å². The molecular formula is C18H24N3O4S2+. The molecule has 2 aromatic rings. The first-order chi connectivity index (χ1) is 12.7. The number of ether oxygens (including phenoxy) is 1. The minimum absolute atomic E-state index is 0.191. The fraction of sp³-hybridized carbons (Fsp3) is 0.389. The average molecular weight is 411 g/mol. The van der Waals surface area contributed by atoms with Crippen LogP contribution in [-0.4, -0.2) is 38.0 Å². The maximum Gasteiger partial charge on any atom is 0.341 e. The quantitative estimate of drug-likeness (QED) is 0.572. The van der Waals surface area contributed by atoms with Crippen molar-refractivity contribution in [1.82, 2.24) is 0 Å². The maximum absolute atomic E-state index is 12.5. The van der Waals surface area contributed by atoms with E-state index in [0.717, 1.165) is 22.8 Å². The van der Waals surface area contributed by atoms with Gasteiger partial charge in [-0.15, -0.1) is 22.7 Å². The first-order valence-corrected chi connectivity index (χ1v) is 10.2. The van der Waals surface area contributed by atoms with Crippen LogP contribution in [0, 0.1) is 13.8 Å². The number of nitrogens with one attached hydrogen (secondary N) is 2. The van der Waals surface area contributed by atoms with Crippen molar-refractivity contribution in [3.63, 3.8) is 0 Å². The van der Waals surface area contributed by atoms with Gasteiger partial charge >= 0.3 is 5.97 Å². The number of nitrogens with two attached hydrogens (primary N) is 1. The number of esters is 1. The van der Waals surface area contributed by atoms with Crippen molar-refractivity contribution in [3.05, 3.63) is 37.9 Å². The highest BCUT2D eigenvalue weighted by atomic mass is 32.1. The number of carbonyl (C=O) groups is 3. The van der Waals surface area contributed by atoms with Gasteiger partial charge in [0.15, 0.2) is 6.54 Å². The van der Waals surface area contributed by atoms with Crippen LogP contribution in [-0.2, 0) is 16.1 Å². The van der Waals surface area contributed by atoms with Crippen molar-refractivity contribution in [1.29, 1.82) is 0 Å². The van der Waals surface area contributed by atoms with Gasteiger partial charge in [-0.1, -0.05) is 0 Å². The van der Waals surface area contributed by atoms with Crippen molar-refractivity contribution in [2.45, 2.75) is 27.3 Å². The SMILES string of the molecule is CCOC(=O)c1c(NC(=O)C[NH+](C)Cc2sccc2C)sc(C(N)=O)c1C. The Kier molecular flexibility index (Phi) is 7.11. The van der Waals surface area contributed by atoms with Crippen molar-refractivity contribution in [2.24, 2.45) is 5.73 Å². The molecule has 27 heavy (non-hydrogen) atoms. The number of carbonyl (C=O) groups excluding carboxylic acids is 3. The number of anilines is 1. The van der Waals surface area contributed by atoms with Crippen LogP contribution in [0.4, 0.5) is 5.00 Å². The molecule has 2 rings (SSSR count). The van der Waals surface area contributed by atoms with Crippen LogP contribution in [0.15, 0.2) is 11.4 Å². The molecule has 2 heterocycles. The van der Waals surface area contributed by atoms with Crippen LogP contribution in [0.1, 0.15) is 43.0 Å². The van der Waals surface area contributed by atoms with Gasteiger partial charge in [0.05, 0.1) is 29.0 Å². The summed E-state index contributed by atoms with van der Waals surface area (Å²) >= 11 is 2.66. The summed E-state index contributed by atoms with van der Waals surface area (Å²) in [7, 11) is 1.93. The van der Waals surface area contributed by atoms with Gasteiger partial charge in [0, 0.05) is 0 Å². The van der Waals surface area contributed by atoms with E-state index >= 15 is 0 Å². The molecule has 7 nitrogen and oxygen atoms in total. The largest absolute Gasteiger partial charge is 0.462 e. The molecule has 0 bridgehead atoms. The van der Waals surface area contributed by atoms with Gasteiger partial charge in [-0.05, 0) is 43.3 Å². The molecule has 2 amide bonds. The number of likely N-dealkylation sites (N-methyl/N-ethyl adjacent to an activating group) is 1. The summed E-state index contributed by atoms with van der Waals surface area (Å²) in [6, 6.07) is 2.05. The van der Waals surface area contributed by atoms with Gasteiger partial charge in [0.25, 0.3) is 11.8 Å². The Morgan fingerprint density at radius 1 is 1.30 bits per heavy atom. The van der Waals surface area contributed by atoms with Crippen LogP contribution in [0.5, 0.6) is 0 Å². The lowest BCUT2D eigenvalue weighted by atomic mass is 10.1. The predicted molar refractivity (Wildman–Crippen MR) is 107 cm³/mol. The summed E-state index contributed by atoms with van der Waals surface area (Å²) in [5, 5.41) is 5.07.